The summed E-state index contributed by atoms with van der Waals surface area (Å²) in [7, 11) is 0. The number of carbonyl (C=O) groups is 1. The third kappa shape index (κ3) is 3.50. The predicted molar refractivity (Wildman–Crippen MR) is 93.6 cm³/mol. The van der Waals surface area contributed by atoms with Crippen LogP contribution in [0.2, 0.25) is 0 Å². The number of benzene rings is 1. The number of rotatable bonds is 5. The van der Waals surface area contributed by atoms with Gasteiger partial charge < -0.3 is 9.47 Å². The van der Waals surface area contributed by atoms with E-state index < -0.39 is 0 Å². The largest absolute Gasteiger partial charge is 0.354 e. The van der Waals surface area contributed by atoms with Crippen LogP contribution in [-0.2, 0) is 11.3 Å². The molecule has 2 heterocycles. The lowest BCUT2D eigenvalue weighted by atomic mass is 10.1. The molecule has 3 rings (SSSR count). The molecule has 24 heavy (non-hydrogen) atoms. The monoisotopic (exact) mass is 322 g/mol. The molecule has 2 aromatic rings. The van der Waals surface area contributed by atoms with E-state index >= 15 is 0 Å². The number of anilines is 1. The fraction of sp³-hybridized carbons (Fsp3) is 0.368. The van der Waals surface area contributed by atoms with Crippen molar-refractivity contribution in [3.05, 3.63) is 54.4 Å². The highest BCUT2D eigenvalue weighted by atomic mass is 16.2. The first-order chi connectivity index (χ1) is 11.7. The van der Waals surface area contributed by atoms with Crippen LogP contribution in [0.15, 0.2) is 48.8 Å². The normalized spacial score (nSPS) is 18.6. The van der Waals surface area contributed by atoms with Gasteiger partial charge in [-0.25, -0.2) is 0 Å². The molecule has 0 saturated carbocycles. The van der Waals surface area contributed by atoms with Gasteiger partial charge in [0.2, 0.25) is 5.91 Å². The van der Waals surface area contributed by atoms with Crippen LogP contribution in [0.5, 0.6) is 0 Å². The molecule has 0 unspecified atom stereocenters. The van der Waals surface area contributed by atoms with Crippen LogP contribution in [0.25, 0.3) is 0 Å². The molecule has 0 N–H and O–H groups in total. The first-order valence-electron chi connectivity index (χ1n) is 8.33. The molecule has 0 bridgehead atoms. The Morgan fingerprint density at radius 1 is 1.17 bits per heavy atom. The van der Waals surface area contributed by atoms with Crippen LogP contribution in [0, 0.1) is 11.3 Å². The van der Waals surface area contributed by atoms with Crippen molar-refractivity contribution in [2.45, 2.75) is 25.9 Å². The second kappa shape index (κ2) is 7.33. The molecule has 1 aliphatic heterocycles. The zero-order chi connectivity index (χ0) is 16.9. The summed E-state index contributed by atoms with van der Waals surface area (Å²) < 4.78 is 2.16. The van der Waals surface area contributed by atoms with Crippen LogP contribution in [0.1, 0.15) is 18.9 Å². The fourth-order valence-corrected chi connectivity index (χ4v) is 3.21. The summed E-state index contributed by atoms with van der Waals surface area (Å²) in [5, 5.41) is 9.26. The molecule has 0 spiro atoms. The quantitative estimate of drug-likeness (QED) is 0.850. The van der Waals surface area contributed by atoms with Crippen LogP contribution >= 0.6 is 0 Å². The summed E-state index contributed by atoms with van der Waals surface area (Å²) in [6.07, 6.45) is 5.14. The van der Waals surface area contributed by atoms with Crippen molar-refractivity contribution in [3.63, 3.8) is 0 Å². The van der Waals surface area contributed by atoms with Gasteiger partial charge in [0.15, 0.2) is 0 Å². The van der Waals surface area contributed by atoms with Crippen LogP contribution in [0.3, 0.4) is 0 Å². The van der Waals surface area contributed by atoms with Gasteiger partial charge in [-0.3, -0.25) is 9.69 Å². The van der Waals surface area contributed by atoms with Gasteiger partial charge in [0.25, 0.3) is 0 Å². The van der Waals surface area contributed by atoms with E-state index in [1.807, 2.05) is 30.3 Å². The summed E-state index contributed by atoms with van der Waals surface area (Å²) in [6.45, 7) is 5.04. The summed E-state index contributed by atoms with van der Waals surface area (Å²) in [4.78, 5) is 16.6. The van der Waals surface area contributed by atoms with Gasteiger partial charge in [-0.2, -0.15) is 5.26 Å². The van der Waals surface area contributed by atoms with Crippen molar-refractivity contribution in [3.8, 4) is 6.07 Å². The van der Waals surface area contributed by atoms with Crippen molar-refractivity contribution in [2.75, 3.05) is 24.5 Å². The number of nitrogens with zero attached hydrogens (tertiary/aromatic N) is 4. The minimum absolute atomic E-state index is 0.0664. The molecule has 1 atom stereocenters. The lowest BCUT2D eigenvalue weighted by molar-refractivity contribution is -0.122. The molecule has 1 fully saturated rings. The highest BCUT2D eigenvalue weighted by molar-refractivity contribution is 5.96. The molecule has 5 heteroatoms. The average molecular weight is 322 g/mol. The predicted octanol–water partition coefficient (Wildman–Crippen LogP) is 2.49. The molecule has 1 aromatic heterocycles. The Bertz CT molecular complexity index is 732. The van der Waals surface area contributed by atoms with Crippen molar-refractivity contribution in [1.82, 2.24) is 9.47 Å². The molecule has 1 saturated heterocycles. The Hall–Kier alpha value is -2.58. The SMILES string of the molecule is C[C@H]1CN(c2ccccc2C#N)C(=O)CN1CCCn1cccc1. The van der Waals surface area contributed by atoms with Crippen LogP contribution in [-0.4, -0.2) is 41.1 Å². The Kier molecular flexibility index (Phi) is 4.97. The number of hydrogen-bond acceptors (Lipinski definition) is 3. The molecule has 1 amide bonds. The van der Waals surface area contributed by atoms with Crippen molar-refractivity contribution in [2.24, 2.45) is 0 Å². The Balaban J connectivity index is 1.62. The van der Waals surface area contributed by atoms with E-state index in [9.17, 15) is 10.1 Å². The van der Waals surface area contributed by atoms with Crippen LogP contribution in [0.4, 0.5) is 5.69 Å². The molecular formula is C19H22N4O. The number of piperazine rings is 1. The third-order valence-corrected chi connectivity index (χ3v) is 4.55. The minimum Gasteiger partial charge on any atom is -0.354 e. The Morgan fingerprint density at radius 3 is 2.67 bits per heavy atom. The number of aryl methyl sites for hydroxylation is 1. The van der Waals surface area contributed by atoms with Gasteiger partial charge in [-0.1, -0.05) is 12.1 Å². The highest BCUT2D eigenvalue weighted by Gasteiger charge is 2.30. The van der Waals surface area contributed by atoms with Crippen molar-refractivity contribution < 1.29 is 4.79 Å². The molecule has 124 valence electrons. The lowest BCUT2D eigenvalue weighted by Gasteiger charge is -2.39. The summed E-state index contributed by atoms with van der Waals surface area (Å²) >= 11 is 0. The van der Waals surface area contributed by atoms with Gasteiger partial charge in [-0.05, 0) is 37.6 Å². The maximum absolute atomic E-state index is 12.6. The average Bonchev–Trinajstić information content (AvgIpc) is 3.11. The van der Waals surface area contributed by atoms with E-state index in [2.05, 4.69) is 34.9 Å². The van der Waals surface area contributed by atoms with E-state index in [-0.39, 0.29) is 11.9 Å². The summed E-state index contributed by atoms with van der Waals surface area (Å²) in [5.74, 6) is 0.0664. The minimum atomic E-state index is 0.0664. The summed E-state index contributed by atoms with van der Waals surface area (Å²) in [6, 6.07) is 13.8. The topological polar surface area (TPSA) is 52.3 Å². The third-order valence-electron chi connectivity index (χ3n) is 4.55. The number of amides is 1. The molecule has 0 radical (unpaired) electrons. The van der Waals surface area contributed by atoms with E-state index in [1.165, 1.54) is 0 Å². The van der Waals surface area contributed by atoms with E-state index in [0.717, 1.165) is 25.2 Å². The summed E-state index contributed by atoms with van der Waals surface area (Å²) in [5.41, 5.74) is 1.28. The molecule has 5 nitrogen and oxygen atoms in total. The highest BCUT2D eigenvalue weighted by Crippen LogP contribution is 2.23. The first kappa shape index (κ1) is 16.3. The second-order valence-electron chi connectivity index (χ2n) is 6.23. The lowest BCUT2D eigenvalue weighted by Crippen LogP contribution is -2.55. The Labute approximate surface area is 142 Å². The van der Waals surface area contributed by atoms with Crippen molar-refractivity contribution >= 4 is 11.6 Å². The van der Waals surface area contributed by atoms with Gasteiger partial charge in [-0.15, -0.1) is 0 Å². The van der Waals surface area contributed by atoms with Gasteiger partial charge in [0.1, 0.15) is 6.07 Å². The standard InChI is InChI=1S/C19H22N4O/c1-16-14-23(18-8-3-2-7-17(18)13-20)19(24)15-22(16)12-6-11-21-9-4-5-10-21/h2-5,7-10,16H,6,11-12,14-15H2,1H3/t16-/m0/s1. The van der Waals surface area contributed by atoms with Gasteiger partial charge in [0, 0.05) is 38.1 Å². The van der Waals surface area contributed by atoms with Gasteiger partial charge in [0.05, 0.1) is 17.8 Å². The number of para-hydroxylation sites is 1. The maximum atomic E-state index is 12.6. The van der Waals surface area contributed by atoms with E-state index in [1.54, 1.807) is 11.0 Å². The molecule has 0 aliphatic carbocycles. The number of carbonyl (C=O) groups excluding carboxylic acids is 1. The smallest absolute Gasteiger partial charge is 0.241 e. The first-order valence-corrected chi connectivity index (χ1v) is 8.33. The zero-order valence-corrected chi connectivity index (χ0v) is 13.9. The van der Waals surface area contributed by atoms with E-state index in [0.29, 0.717) is 18.7 Å². The maximum Gasteiger partial charge on any atom is 0.241 e. The number of hydrogen-bond donors (Lipinski definition) is 0. The molecule has 1 aromatic carbocycles. The van der Waals surface area contributed by atoms with Crippen LogP contribution < -0.4 is 4.90 Å². The van der Waals surface area contributed by atoms with Crippen molar-refractivity contribution in [1.29, 1.82) is 5.26 Å². The zero-order valence-electron chi connectivity index (χ0n) is 13.9. The number of nitriles is 1. The van der Waals surface area contributed by atoms with E-state index in [4.69, 9.17) is 0 Å². The molecule has 1 aliphatic rings. The second-order valence-corrected chi connectivity index (χ2v) is 6.23. The fourth-order valence-electron chi connectivity index (χ4n) is 3.21. The molecular weight excluding hydrogens is 300 g/mol. The number of aromatic nitrogens is 1. The Morgan fingerprint density at radius 2 is 1.92 bits per heavy atom. The van der Waals surface area contributed by atoms with Gasteiger partial charge >= 0.3 is 0 Å².